The first-order chi connectivity index (χ1) is 14.2. The fourth-order valence-corrected chi connectivity index (χ4v) is 3.98. The van der Waals surface area contributed by atoms with Crippen molar-refractivity contribution >= 4 is 17.7 Å². The quantitative estimate of drug-likeness (QED) is 0.525. The van der Waals surface area contributed by atoms with Gasteiger partial charge in [0.05, 0.1) is 5.25 Å². The van der Waals surface area contributed by atoms with Crippen molar-refractivity contribution in [2.75, 3.05) is 0 Å². The van der Waals surface area contributed by atoms with Gasteiger partial charge in [0, 0.05) is 24.7 Å². The molecule has 0 aliphatic rings. The lowest BCUT2D eigenvalue weighted by Crippen LogP contribution is -2.48. The highest BCUT2D eigenvalue weighted by Crippen LogP contribution is 2.29. The lowest BCUT2D eigenvalue weighted by molar-refractivity contribution is -0.135. The maximum Gasteiger partial charge on any atom is 0.236 e. The molecule has 0 aliphatic heterocycles. The zero-order valence-corrected chi connectivity index (χ0v) is 18.8. The highest BCUT2D eigenvalue weighted by atomic mass is 32.2. The summed E-state index contributed by atoms with van der Waals surface area (Å²) in [7, 11) is 1.85. The van der Waals surface area contributed by atoms with Crippen LogP contribution in [0.3, 0.4) is 0 Å². The maximum atomic E-state index is 13.3. The molecule has 158 valence electrons. The van der Waals surface area contributed by atoms with Crippen LogP contribution in [0.5, 0.6) is 0 Å². The van der Waals surface area contributed by atoms with E-state index in [1.54, 1.807) is 12.1 Å². The summed E-state index contributed by atoms with van der Waals surface area (Å²) in [6.07, 6.45) is 0. The van der Waals surface area contributed by atoms with E-state index in [9.17, 15) is 9.18 Å². The van der Waals surface area contributed by atoms with E-state index in [1.807, 2.05) is 74.5 Å². The number of carbonyl (C=O) groups is 1. The number of benzene rings is 2. The Morgan fingerprint density at radius 3 is 2.33 bits per heavy atom. The van der Waals surface area contributed by atoms with Crippen molar-refractivity contribution in [2.45, 2.75) is 50.2 Å². The maximum absolute atomic E-state index is 13.3. The van der Waals surface area contributed by atoms with Crippen molar-refractivity contribution in [1.82, 2.24) is 19.7 Å². The third-order valence-corrected chi connectivity index (χ3v) is 5.95. The molecule has 0 saturated carbocycles. The van der Waals surface area contributed by atoms with E-state index in [-0.39, 0.29) is 22.5 Å². The number of halogens is 1. The number of rotatable bonds is 6. The standard InChI is InChI=1S/C23H27FN4OS/c1-16(21(29)28(23(2,3)4)15-17-9-7-6-8-10-17)30-22-26-25-20(27(22)5)18-11-13-19(24)14-12-18/h6-14,16H,15H2,1-5H3/t16-/m0/s1. The molecular formula is C23H27FN4OS. The molecule has 0 spiro atoms. The van der Waals surface area contributed by atoms with Crippen LogP contribution in [-0.4, -0.2) is 36.4 Å². The summed E-state index contributed by atoms with van der Waals surface area (Å²) in [6.45, 7) is 8.57. The van der Waals surface area contributed by atoms with Crippen LogP contribution in [0.2, 0.25) is 0 Å². The highest BCUT2D eigenvalue weighted by molar-refractivity contribution is 8.00. The third kappa shape index (κ3) is 5.08. The lowest BCUT2D eigenvalue weighted by Gasteiger charge is -2.37. The molecule has 5 nitrogen and oxygen atoms in total. The van der Waals surface area contributed by atoms with Gasteiger partial charge in [-0.1, -0.05) is 42.1 Å². The Hall–Kier alpha value is -2.67. The van der Waals surface area contributed by atoms with Crippen LogP contribution in [0.25, 0.3) is 11.4 Å². The molecule has 3 aromatic rings. The molecule has 0 fully saturated rings. The van der Waals surface area contributed by atoms with Crippen LogP contribution >= 0.6 is 11.8 Å². The van der Waals surface area contributed by atoms with Gasteiger partial charge >= 0.3 is 0 Å². The average Bonchev–Trinajstić information content (AvgIpc) is 3.06. The second-order valence-corrected chi connectivity index (χ2v) is 9.52. The molecule has 1 amide bonds. The van der Waals surface area contributed by atoms with Crippen molar-refractivity contribution < 1.29 is 9.18 Å². The van der Waals surface area contributed by atoms with E-state index in [0.29, 0.717) is 17.5 Å². The first kappa shape index (κ1) is 22.0. The predicted octanol–water partition coefficient (Wildman–Crippen LogP) is 4.93. The summed E-state index contributed by atoms with van der Waals surface area (Å²) in [5, 5.41) is 8.79. The largest absolute Gasteiger partial charge is 0.333 e. The van der Waals surface area contributed by atoms with Crippen LogP contribution in [0.1, 0.15) is 33.3 Å². The number of nitrogens with zero attached hydrogens (tertiary/aromatic N) is 4. The predicted molar refractivity (Wildman–Crippen MR) is 118 cm³/mol. The molecular weight excluding hydrogens is 399 g/mol. The van der Waals surface area contributed by atoms with Crippen LogP contribution in [0, 0.1) is 5.82 Å². The fourth-order valence-electron chi connectivity index (χ4n) is 3.11. The van der Waals surface area contributed by atoms with Crippen LogP contribution in [0.4, 0.5) is 4.39 Å². The Bertz CT molecular complexity index is 996. The molecule has 2 aromatic carbocycles. The number of amides is 1. The average molecular weight is 427 g/mol. The minimum atomic E-state index is -0.336. The van der Waals surface area contributed by atoms with Crippen LogP contribution in [0.15, 0.2) is 59.8 Å². The zero-order chi connectivity index (χ0) is 21.9. The van der Waals surface area contributed by atoms with Crippen molar-refractivity contribution in [3.8, 4) is 11.4 Å². The number of carbonyl (C=O) groups excluding carboxylic acids is 1. The zero-order valence-electron chi connectivity index (χ0n) is 18.0. The minimum absolute atomic E-state index is 0.0442. The molecule has 7 heteroatoms. The molecule has 0 unspecified atom stereocenters. The van der Waals surface area contributed by atoms with E-state index in [1.165, 1.54) is 23.9 Å². The topological polar surface area (TPSA) is 51.0 Å². The Morgan fingerprint density at radius 2 is 1.73 bits per heavy atom. The molecule has 1 aromatic heterocycles. The molecule has 30 heavy (non-hydrogen) atoms. The van der Waals surface area contributed by atoms with Gasteiger partial charge in [0.2, 0.25) is 5.91 Å². The molecule has 0 bridgehead atoms. The summed E-state index contributed by atoms with van der Waals surface area (Å²) in [4.78, 5) is 15.2. The molecule has 0 N–H and O–H groups in total. The van der Waals surface area contributed by atoms with E-state index >= 15 is 0 Å². The molecule has 3 rings (SSSR count). The number of aromatic nitrogens is 3. The van der Waals surface area contributed by atoms with E-state index in [0.717, 1.165) is 11.1 Å². The normalized spacial score (nSPS) is 12.6. The van der Waals surface area contributed by atoms with E-state index in [4.69, 9.17) is 0 Å². The highest BCUT2D eigenvalue weighted by Gasteiger charge is 2.31. The van der Waals surface area contributed by atoms with Crippen molar-refractivity contribution in [3.63, 3.8) is 0 Å². The van der Waals surface area contributed by atoms with Crippen LogP contribution < -0.4 is 0 Å². The van der Waals surface area contributed by atoms with Gasteiger partial charge in [0.1, 0.15) is 5.82 Å². The van der Waals surface area contributed by atoms with Gasteiger partial charge in [-0.05, 0) is 57.5 Å². The van der Waals surface area contributed by atoms with Gasteiger partial charge in [0.15, 0.2) is 11.0 Å². The van der Waals surface area contributed by atoms with Crippen molar-refractivity contribution in [3.05, 3.63) is 66.0 Å². The first-order valence-electron chi connectivity index (χ1n) is 9.84. The SMILES string of the molecule is C[C@H](Sc1nnc(-c2ccc(F)cc2)n1C)C(=O)N(Cc1ccccc1)C(C)(C)C. The van der Waals surface area contributed by atoms with E-state index in [2.05, 4.69) is 10.2 Å². The Labute approximate surface area is 181 Å². The summed E-state index contributed by atoms with van der Waals surface area (Å²) in [5.74, 6) is 0.382. The first-order valence-corrected chi connectivity index (χ1v) is 10.7. The Kier molecular flexibility index (Phi) is 6.61. The smallest absolute Gasteiger partial charge is 0.236 e. The van der Waals surface area contributed by atoms with Gasteiger partial charge in [-0.15, -0.1) is 10.2 Å². The number of hydrogen-bond acceptors (Lipinski definition) is 4. The molecule has 0 saturated heterocycles. The lowest BCUT2D eigenvalue weighted by atomic mass is 10.0. The second-order valence-electron chi connectivity index (χ2n) is 8.21. The number of thioether (sulfide) groups is 1. The van der Waals surface area contributed by atoms with E-state index < -0.39 is 0 Å². The summed E-state index contributed by atoms with van der Waals surface area (Å²) in [5.41, 5.74) is 1.55. The Morgan fingerprint density at radius 1 is 1.10 bits per heavy atom. The Balaban J connectivity index is 1.77. The fraction of sp³-hybridized carbons (Fsp3) is 0.348. The van der Waals surface area contributed by atoms with Gasteiger partial charge < -0.3 is 9.47 Å². The summed E-state index contributed by atoms with van der Waals surface area (Å²) in [6, 6.07) is 16.1. The summed E-state index contributed by atoms with van der Waals surface area (Å²) >= 11 is 1.38. The van der Waals surface area contributed by atoms with Gasteiger partial charge in [-0.3, -0.25) is 4.79 Å². The summed E-state index contributed by atoms with van der Waals surface area (Å²) < 4.78 is 15.0. The molecule has 1 heterocycles. The number of hydrogen-bond donors (Lipinski definition) is 0. The molecule has 0 radical (unpaired) electrons. The molecule has 0 aliphatic carbocycles. The monoisotopic (exact) mass is 426 g/mol. The third-order valence-electron chi connectivity index (χ3n) is 4.83. The van der Waals surface area contributed by atoms with Gasteiger partial charge in [0.25, 0.3) is 0 Å². The van der Waals surface area contributed by atoms with Gasteiger partial charge in [-0.25, -0.2) is 4.39 Å². The second kappa shape index (κ2) is 9.00. The van der Waals surface area contributed by atoms with Crippen LogP contribution in [-0.2, 0) is 18.4 Å². The minimum Gasteiger partial charge on any atom is -0.333 e. The molecule has 1 atom stereocenters. The van der Waals surface area contributed by atoms with Crippen molar-refractivity contribution in [1.29, 1.82) is 0 Å². The van der Waals surface area contributed by atoms with Crippen molar-refractivity contribution in [2.24, 2.45) is 7.05 Å². The van der Waals surface area contributed by atoms with Gasteiger partial charge in [-0.2, -0.15) is 0 Å².